The van der Waals surface area contributed by atoms with Gasteiger partial charge in [-0.1, -0.05) is 0 Å². The summed E-state index contributed by atoms with van der Waals surface area (Å²) in [6.45, 7) is 1.88. The molecule has 0 aromatic carbocycles. The van der Waals surface area contributed by atoms with Crippen LogP contribution in [-0.4, -0.2) is 36.3 Å². The third-order valence-corrected chi connectivity index (χ3v) is 3.63. The van der Waals surface area contributed by atoms with Crippen LogP contribution in [0.25, 0.3) is 0 Å². The van der Waals surface area contributed by atoms with Crippen molar-refractivity contribution in [2.45, 2.75) is 18.9 Å². The molecular weight excluding hydrogens is 272 g/mol. The molecule has 0 unspecified atom stereocenters. The average molecular weight is 287 g/mol. The Morgan fingerprint density at radius 1 is 1.44 bits per heavy atom. The summed E-state index contributed by atoms with van der Waals surface area (Å²) in [5, 5.41) is 0. The highest BCUT2D eigenvalue weighted by Crippen LogP contribution is 2.29. The van der Waals surface area contributed by atoms with Crippen LogP contribution in [0, 0.1) is 0 Å². The number of halogens is 1. The number of aromatic nitrogens is 2. The Labute approximate surface area is 103 Å². The highest BCUT2D eigenvalue weighted by molar-refractivity contribution is 9.10. The Morgan fingerprint density at radius 3 is 2.75 bits per heavy atom. The number of anilines is 2. The number of nitrogens with two attached hydrogens (primary N) is 1. The van der Waals surface area contributed by atoms with E-state index in [1.165, 1.54) is 6.33 Å². The molecule has 1 aromatic rings. The Bertz CT molecular complexity index is 366. The molecule has 0 spiro atoms. The van der Waals surface area contributed by atoms with Gasteiger partial charge in [0.15, 0.2) is 0 Å². The molecule has 0 aliphatic carbocycles. The van der Waals surface area contributed by atoms with Crippen molar-refractivity contribution in [3.05, 3.63) is 10.8 Å². The molecule has 0 radical (unpaired) electrons. The Balaban J connectivity index is 2.11. The lowest BCUT2D eigenvalue weighted by atomic mass is 10.1. The second-order valence-corrected chi connectivity index (χ2v) is 4.61. The number of methoxy groups -OCH3 is 1. The molecule has 1 aliphatic rings. The molecule has 2 heterocycles. The Morgan fingerprint density at radius 2 is 2.12 bits per heavy atom. The van der Waals surface area contributed by atoms with Gasteiger partial charge in [0, 0.05) is 20.2 Å². The first-order valence-electron chi connectivity index (χ1n) is 5.26. The molecule has 0 amide bonds. The van der Waals surface area contributed by atoms with Gasteiger partial charge in [-0.15, -0.1) is 0 Å². The number of nitrogen functional groups attached to an aromatic ring is 1. The van der Waals surface area contributed by atoms with E-state index < -0.39 is 0 Å². The summed E-state index contributed by atoms with van der Waals surface area (Å²) in [5.74, 6) is 1.36. The molecule has 0 bridgehead atoms. The van der Waals surface area contributed by atoms with Gasteiger partial charge in [0.1, 0.15) is 22.4 Å². The zero-order valence-electron chi connectivity index (χ0n) is 9.19. The lowest BCUT2D eigenvalue weighted by Crippen LogP contribution is -2.37. The van der Waals surface area contributed by atoms with Crippen LogP contribution in [0.5, 0.6) is 0 Å². The number of hydrogen-bond acceptors (Lipinski definition) is 5. The molecule has 5 nitrogen and oxygen atoms in total. The van der Waals surface area contributed by atoms with Crippen LogP contribution in [0.1, 0.15) is 12.8 Å². The van der Waals surface area contributed by atoms with Crippen molar-refractivity contribution < 1.29 is 4.74 Å². The van der Waals surface area contributed by atoms with Crippen molar-refractivity contribution >= 4 is 27.6 Å². The fourth-order valence-corrected chi connectivity index (χ4v) is 2.35. The van der Waals surface area contributed by atoms with E-state index in [4.69, 9.17) is 10.5 Å². The Kier molecular flexibility index (Phi) is 3.60. The molecule has 1 aliphatic heterocycles. The van der Waals surface area contributed by atoms with Gasteiger partial charge in [0.2, 0.25) is 0 Å². The van der Waals surface area contributed by atoms with Gasteiger partial charge >= 0.3 is 0 Å². The minimum absolute atomic E-state index is 0.370. The average Bonchev–Trinajstić information content (AvgIpc) is 2.33. The number of piperidine rings is 1. The fourth-order valence-electron chi connectivity index (χ4n) is 1.90. The maximum absolute atomic E-state index is 5.73. The molecule has 88 valence electrons. The van der Waals surface area contributed by atoms with Crippen LogP contribution >= 0.6 is 15.9 Å². The van der Waals surface area contributed by atoms with Crippen LogP contribution in [0.2, 0.25) is 0 Å². The zero-order chi connectivity index (χ0) is 11.5. The number of rotatable bonds is 2. The molecule has 6 heteroatoms. The van der Waals surface area contributed by atoms with E-state index in [0.717, 1.165) is 36.2 Å². The first kappa shape index (κ1) is 11.6. The third kappa shape index (κ3) is 2.27. The molecule has 0 saturated carbocycles. The first-order chi connectivity index (χ1) is 7.72. The van der Waals surface area contributed by atoms with Crippen molar-refractivity contribution in [2.75, 3.05) is 30.8 Å². The van der Waals surface area contributed by atoms with Gasteiger partial charge in [-0.25, -0.2) is 9.97 Å². The van der Waals surface area contributed by atoms with Crippen LogP contribution in [0.15, 0.2) is 10.8 Å². The van der Waals surface area contributed by atoms with E-state index in [-0.39, 0.29) is 0 Å². The van der Waals surface area contributed by atoms with Gasteiger partial charge < -0.3 is 15.4 Å². The van der Waals surface area contributed by atoms with Crippen molar-refractivity contribution in [1.82, 2.24) is 9.97 Å². The summed E-state index contributed by atoms with van der Waals surface area (Å²) in [7, 11) is 1.76. The van der Waals surface area contributed by atoms with Crippen LogP contribution < -0.4 is 10.6 Å². The van der Waals surface area contributed by atoms with Gasteiger partial charge in [-0.2, -0.15) is 0 Å². The van der Waals surface area contributed by atoms with Crippen LogP contribution in [0.3, 0.4) is 0 Å². The zero-order valence-corrected chi connectivity index (χ0v) is 10.8. The van der Waals surface area contributed by atoms with Crippen molar-refractivity contribution in [1.29, 1.82) is 0 Å². The summed E-state index contributed by atoms with van der Waals surface area (Å²) < 4.78 is 6.12. The fraction of sp³-hybridized carbons (Fsp3) is 0.600. The largest absolute Gasteiger partial charge is 0.383 e. The minimum atomic E-state index is 0.370. The lowest BCUT2D eigenvalue weighted by molar-refractivity contribution is 0.0818. The summed E-state index contributed by atoms with van der Waals surface area (Å²) in [6, 6.07) is 0. The monoisotopic (exact) mass is 286 g/mol. The van der Waals surface area contributed by atoms with Crippen LogP contribution in [-0.2, 0) is 4.74 Å². The van der Waals surface area contributed by atoms with E-state index in [2.05, 4.69) is 30.8 Å². The third-order valence-electron chi connectivity index (χ3n) is 2.87. The van der Waals surface area contributed by atoms with Gasteiger partial charge in [0.05, 0.1) is 6.10 Å². The van der Waals surface area contributed by atoms with Gasteiger partial charge in [-0.3, -0.25) is 0 Å². The highest BCUT2D eigenvalue weighted by Gasteiger charge is 2.21. The predicted molar refractivity (Wildman–Crippen MR) is 66.4 cm³/mol. The number of hydrogen-bond donors (Lipinski definition) is 1. The molecule has 1 fully saturated rings. The molecule has 0 atom stereocenters. The topological polar surface area (TPSA) is 64.3 Å². The van der Waals surface area contributed by atoms with Crippen molar-refractivity contribution in [2.24, 2.45) is 0 Å². The highest BCUT2D eigenvalue weighted by atomic mass is 79.9. The maximum atomic E-state index is 5.73. The SMILES string of the molecule is COC1CCN(c2ncnc(N)c2Br)CC1. The maximum Gasteiger partial charge on any atom is 0.148 e. The second kappa shape index (κ2) is 4.97. The molecule has 1 aromatic heterocycles. The molecule has 2 rings (SSSR count). The minimum Gasteiger partial charge on any atom is -0.383 e. The quantitative estimate of drug-likeness (QED) is 0.891. The smallest absolute Gasteiger partial charge is 0.148 e. The lowest BCUT2D eigenvalue weighted by Gasteiger charge is -2.32. The molecule has 2 N–H and O–H groups in total. The van der Waals surface area contributed by atoms with E-state index in [1.54, 1.807) is 7.11 Å². The first-order valence-corrected chi connectivity index (χ1v) is 6.05. The van der Waals surface area contributed by atoms with Crippen molar-refractivity contribution in [3.8, 4) is 0 Å². The second-order valence-electron chi connectivity index (χ2n) is 3.82. The standard InChI is InChI=1S/C10H15BrN4O/c1-16-7-2-4-15(5-3-7)10-8(11)9(12)13-6-14-10/h6-7H,2-5H2,1H3,(H2,12,13,14). The van der Waals surface area contributed by atoms with Crippen molar-refractivity contribution in [3.63, 3.8) is 0 Å². The molecule has 1 saturated heterocycles. The molecule has 16 heavy (non-hydrogen) atoms. The predicted octanol–water partition coefficient (Wildman–Crippen LogP) is 1.44. The van der Waals surface area contributed by atoms with E-state index >= 15 is 0 Å². The van der Waals surface area contributed by atoms with E-state index in [9.17, 15) is 0 Å². The van der Waals surface area contributed by atoms with Gasteiger partial charge in [-0.05, 0) is 28.8 Å². The summed E-state index contributed by atoms with van der Waals surface area (Å²) >= 11 is 3.42. The van der Waals surface area contributed by atoms with Crippen LogP contribution in [0.4, 0.5) is 11.6 Å². The number of ether oxygens (including phenoxy) is 1. The summed E-state index contributed by atoms with van der Waals surface area (Å²) in [6.07, 6.45) is 3.91. The molecular formula is C10H15BrN4O. The summed E-state index contributed by atoms with van der Waals surface area (Å²) in [5.41, 5.74) is 5.73. The van der Waals surface area contributed by atoms with Gasteiger partial charge in [0.25, 0.3) is 0 Å². The Hall–Kier alpha value is -0.880. The number of nitrogens with zero attached hydrogens (tertiary/aromatic N) is 3. The summed E-state index contributed by atoms with van der Waals surface area (Å²) in [4.78, 5) is 10.4. The van der Waals surface area contributed by atoms with E-state index in [0.29, 0.717) is 11.9 Å². The normalized spacial score (nSPS) is 17.8. The van der Waals surface area contributed by atoms with E-state index in [1.807, 2.05) is 0 Å².